The van der Waals surface area contributed by atoms with Crippen LogP contribution in [0.3, 0.4) is 0 Å². The van der Waals surface area contributed by atoms with Gasteiger partial charge < -0.3 is 39.9 Å². The summed E-state index contributed by atoms with van der Waals surface area (Å²) in [4.78, 5) is 70.3. The van der Waals surface area contributed by atoms with Gasteiger partial charge in [-0.25, -0.2) is 19.6 Å². The first-order chi connectivity index (χ1) is 25.3. The van der Waals surface area contributed by atoms with Crippen molar-refractivity contribution in [2.24, 2.45) is 0 Å². The molecule has 0 spiro atoms. The Morgan fingerprint density at radius 3 is 1.35 bits per heavy atom. The Kier molecular flexibility index (Phi) is 8.89. The Morgan fingerprint density at radius 1 is 0.596 bits per heavy atom. The molecule has 4 N–H and O–H groups in total. The maximum atomic E-state index is 13.3. The number of H-pyrrole nitrogens is 2. The summed E-state index contributed by atoms with van der Waals surface area (Å²) < 4.78 is 9.44. The Bertz CT molecular complexity index is 1830. The molecule has 14 heteroatoms. The number of nitrogens with one attached hydrogen (secondary N) is 4. The van der Waals surface area contributed by atoms with Crippen LogP contribution >= 0.6 is 0 Å². The largest absolute Gasteiger partial charge is 0.453 e. The van der Waals surface area contributed by atoms with Gasteiger partial charge in [-0.05, 0) is 73.6 Å². The minimum absolute atomic E-state index is 0.0872. The zero-order chi connectivity index (χ0) is 35.9. The zero-order valence-corrected chi connectivity index (χ0v) is 29.1. The summed E-state index contributed by atoms with van der Waals surface area (Å²) in [6.07, 6.45) is 8.76. The van der Waals surface area contributed by atoms with Gasteiger partial charge >= 0.3 is 12.2 Å². The van der Waals surface area contributed by atoms with Gasteiger partial charge in [-0.2, -0.15) is 0 Å². The van der Waals surface area contributed by atoms with Gasteiger partial charge in [0.25, 0.3) is 0 Å². The van der Waals surface area contributed by atoms with Crippen LogP contribution < -0.4 is 10.6 Å². The Labute approximate surface area is 300 Å². The second-order valence-corrected chi connectivity index (χ2v) is 14.0. The van der Waals surface area contributed by atoms with E-state index in [0.29, 0.717) is 12.8 Å². The van der Waals surface area contributed by atoms with Crippen LogP contribution in [0.1, 0.15) is 75.1 Å². The Morgan fingerprint density at radius 2 is 0.962 bits per heavy atom. The van der Waals surface area contributed by atoms with Gasteiger partial charge in [-0.3, -0.25) is 9.59 Å². The lowest BCUT2D eigenvalue weighted by atomic mass is 9.98. The highest BCUT2D eigenvalue weighted by Gasteiger charge is 2.46. The number of aromatic nitrogens is 4. The van der Waals surface area contributed by atoms with Gasteiger partial charge in [0.05, 0.1) is 50.1 Å². The lowest BCUT2D eigenvalue weighted by Gasteiger charge is -2.37. The normalized spacial score (nSPS) is 25.4. The topological polar surface area (TPSA) is 175 Å². The predicted octanol–water partition coefficient (Wildman–Crippen LogP) is 5.23. The first-order valence-electron chi connectivity index (χ1n) is 18.0. The molecule has 52 heavy (non-hydrogen) atoms. The van der Waals surface area contributed by atoms with Crippen LogP contribution in [0, 0.1) is 0 Å². The monoisotopic (exact) mass is 706 g/mol. The average Bonchev–Trinajstić information content (AvgIpc) is 4.00. The second-order valence-electron chi connectivity index (χ2n) is 14.0. The lowest BCUT2D eigenvalue weighted by Crippen LogP contribution is -2.54. The van der Waals surface area contributed by atoms with Crippen LogP contribution in [-0.2, 0) is 19.1 Å². The van der Waals surface area contributed by atoms with Crippen LogP contribution in [0.5, 0.6) is 0 Å². The summed E-state index contributed by atoms with van der Waals surface area (Å²) in [5.41, 5.74) is 5.86. The van der Waals surface area contributed by atoms with E-state index in [9.17, 15) is 19.2 Å². The number of methoxy groups -OCH3 is 2. The van der Waals surface area contributed by atoms with Crippen molar-refractivity contribution < 1.29 is 28.7 Å². The summed E-state index contributed by atoms with van der Waals surface area (Å²) >= 11 is 0. The molecule has 0 saturated carbocycles. The zero-order valence-electron chi connectivity index (χ0n) is 29.1. The van der Waals surface area contributed by atoms with Gasteiger partial charge in [0.2, 0.25) is 11.8 Å². The number of hydrogen-bond acceptors (Lipinski definition) is 8. The average molecular weight is 707 g/mol. The minimum Gasteiger partial charge on any atom is -0.453 e. The highest BCUT2D eigenvalue weighted by molar-refractivity contribution is 5.88. The third-order valence-corrected chi connectivity index (χ3v) is 11.2. The highest BCUT2D eigenvalue weighted by atomic mass is 16.5. The number of rotatable bonds is 7. The first kappa shape index (κ1) is 33.5. The molecule has 2 aromatic heterocycles. The molecule has 0 aliphatic carbocycles. The number of alkyl carbamates (subject to hydrolysis) is 2. The molecule has 4 saturated heterocycles. The van der Waals surface area contributed by atoms with Crippen molar-refractivity contribution >= 4 is 24.0 Å². The van der Waals surface area contributed by atoms with E-state index in [0.717, 1.165) is 83.8 Å². The van der Waals surface area contributed by atoms with Crippen LogP contribution in [0.2, 0.25) is 0 Å². The molecule has 270 valence electrons. The van der Waals surface area contributed by atoms with E-state index in [2.05, 4.69) is 79.1 Å². The smallest absolute Gasteiger partial charge is 0.407 e. The summed E-state index contributed by atoms with van der Waals surface area (Å²) in [7, 11) is 2.59. The third kappa shape index (κ3) is 6.15. The molecule has 0 bridgehead atoms. The SMILES string of the molecule is COC(=O)NC1CCC2CCC(c3ncc(-c4ccc(-c5ccc(-c6cnc(C7CCC8CCC(NC(=O)OC)C(=O)N87)[nH]6)cc5)cc4)[nH]3)N2C1=O. The predicted molar refractivity (Wildman–Crippen MR) is 189 cm³/mol. The molecule has 0 radical (unpaired) electrons. The molecule has 6 atom stereocenters. The molecule has 8 rings (SSSR count). The maximum Gasteiger partial charge on any atom is 0.407 e. The van der Waals surface area contributed by atoms with Crippen molar-refractivity contribution in [2.45, 2.75) is 87.6 Å². The number of aromatic amines is 2. The van der Waals surface area contributed by atoms with Crippen molar-refractivity contribution in [3.05, 3.63) is 72.6 Å². The van der Waals surface area contributed by atoms with Crippen molar-refractivity contribution in [3.63, 3.8) is 0 Å². The van der Waals surface area contributed by atoms with E-state index in [1.54, 1.807) is 0 Å². The molecule has 4 aliphatic rings. The third-order valence-electron chi connectivity index (χ3n) is 11.2. The van der Waals surface area contributed by atoms with Crippen LogP contribution in [0.25, 0.3) is 33.6 Å². The molecule has 4 amide bonds. The van der Waals surface area contributed by atoms with Gasteiger partial charge in [-0.1, -0.05) is 48.5 Å². The first-order valence-corrected chi connectivity index (χ1v) is 18.0. The molecule has 6 unspecified atom stereocenters. The van der Waals surface area contributed by atoms with Gasteiger partial charge in [0, 0.05) is 12.1 Å². The standard InChI is InChI=1S/C38H42N8O6/c1-51-37(49)43-27-15-11-25-13-17-31(45(25)35(27)47)33-39-19-29(41-33)23-7-3-21(4-8-23)22-5-9-24(10-6-22)30-20-40-34(42-30)32-18-14-26-12-16-28(36(48)46(26)32)44-38(50)52-2/h3-10,19-20,25-28,31-32H,11-18H2,1-2H3,(H,39,41)(H,40,42)(H,43,49)(H,44,50). The fourth-order valence-electron chi connectivity index (χ4n) is 8.52. The van der Waals surface area contributed by atoms with Crippen LogP contribution in [-0.4, -0.2) is 92.1 Å². The summed E-state index contributed by atoms with van der Waals surface area (Å²) in [5.74, 6) is 1.33. The minimum atomic E-state index is -0.596. The number of hydrogen-bond donors (Lipinski definition) is 4. The molecular weight excluding hydrogens is 664 g/mol. The maximum absolute atomic E-state index is 13.3. The summed E-state index contributed by atoms with van der Waals surface area (Å²) in [5, 5.41) is 5.36. The van der Waals surface area contributed by atoms with Crippen LogP contribution in [0.4, 0.5) is 9.59 Å². The second kappa shape index (κ2) is 13.8. The molecule has 4 fully saturated rings. The van der Waals surface area contributed by atoms with E-state index in [-0.39, 0.29) is 36.0 Å². The van der Waals surface area contributed by atoms with Crippen molar-refractivity contribution in [2.75, 3.05) is 14.2 Å². The summed E-state index contributed by atoms with van der Waals surface area (Å²) in [6, 6.07) is 15.3. The summed E-state index contributed by atoms with van der Waals surface area (Å²) in [6.45, 7) is 0. The van der Waals surface area contributed by atoms with Crippen molar-refractivity contribution in [1.82, 2.24) is 40.4 Å². The fourth-order valence-corrected chi connectivity index (χ4v) is 8.52. The van der Waals surface area contributed by atoms with E-state index in [1.807, 2.05) is 22.2 Å². The van der Waals surface area contributed by atoms with Gasteiger partial charge in [0.15, 0.2) is 0 Å². The molecule has 4 aromatic rings. The molecule has 2 aromatic carbocycles. The number of amides is 4. The molecular formula is C38H42N8O6. The van der Waals surface area contributed by atoms with Crippen molar-refractivity contribution in [3.8, 4) is 33.6 Å². The Balaban J connectivity index is 0.921. The number of carbonyl (C=O) groups excluding carboxylic acids is 4. The van der Waals surface area contributed by atoms with E-state index in [4.69, 9.17) is 9.47 Å². The number of imidazole rings is 2. The number of fused-ring (bicyclic) bond motifs is 2. The van der Waals surface area contributed by atoms with Crippen LogP contribution in [0.15, 0.2) is 60.9 Å². The van der Waals surface area contributed by atoms with E-state index in [1.165, 1.54) is 14.2 Å². The van der Waals surface area contributed by atoms with Gasteiger partial charge in [-0.15, -0.1) is 0 Å². The fraction of sp³-hybridized carbons (Fsp3) is 0.421. The van der Waals surface area contributed by atoms with E-state index >= 15 is 0 Å². The molecule has 6 heterocycles. The van der Waals surface area contributed by atoms with Crippen molar-refractivity contribution in [1.29, 1.82) is 0 Å². The number of piperidine rings is 2. The van der Waals surface area contributed by atoms with E-state index < -0.39 is 24.3 Å². The molecule has 4 aliphatic heterocycles. The number of carbonyl (C=O) groups is 4. The highest BCUT2D eigenvalue weighted by Crippen LogP contribution is 2.42. The number of benzene rings is 2. The Hall–Kier alpha value is -5.66. The quantitative estimate of drug-likeness (QED) is 0.202. The number of nitrogens with zero attached hydrogens (tertiary/aromatic N) is 4. The van der Waals surface area contributed by atoms with Gasteiger partial charge in [0.1, 0.15) is 23.7 Å². The molecule has 14 nitrogen and oxygen atoms in total. The lowest BCUT2D eigenvalue weighted by molar-refractivity contribution is -0.140. The number of ether oxygens (including phenoxy) is 2.